The number of anilines is 1. The Bertz CT molecular complexity index is 598. The highest BCUT2D eigenvalue weighted by atomic mass is 19.1. The fraction of sp³-hybridized carbons (Fsp3) is 0.467. The molecule has 22 heavy (non-hydrogen) atoms. The lowest BCUT2D eigenvalue weighted by Gasteiger charge is -2.36. The number of amides is 3. The third kappa shape index (κ3) is 3.36. The molecule has 1 aromatic carbocycles. The number of rotatable bonds is 2. The van der Waals surface area contributed by atoms with Gasteiger partial charge in [0.1, 0.15) is 11.4 Å². The van der Waals surface area contributed by atoms with Crippen molar-refractivity contribution in [3.8, 4) is 0 Å². The summed E-state index contributed by atoms with van der Waals surface area (Å²) in [6, 6.07) is 3.24. The van der Waals surface area contributed by atoms with E-state index in [2.05, 4.69) is 0 Å². The summed E-state index contributed by atoms with van der Waals surface area (Å²) in [7, 11) is 0. The quantitative estimate of drug-likeness (QED) is 0.911. The number of ether oxygens (including phenoxy) is 1. The van der Waals surface area contributed by atoms with Crippen LogP contribution in [0, 0.1) is 5.82 Å². The first-order valence-electron chi connectivity index (χ1n) is 6.94. The zero-order chi connectivity index (χ0) is 16.5. The number of imide groups is 1. The lowest BCUT2D eigenvalue weighted by Crippen LogP contribution is -2.52. The molecule has 1 aliphatic heterocycles. The fourth-order valence-electron chi connectivity index (χ4n) is 2.20. The van der Waals surface area contributed by atoms with E-state index in [1.807, 2.05) is 0 Å². The molecular formula is C15H19FN2O4. The van der Waals surface area contributed by atoms with Crippen molar-refractivity contribution in [2.45, 2.75) is 32.9 Å². The van der Waals surface area contributed by atoms with Crippen LogP contribution in [0.1, 0.15) is 26.3 Å². The number of carbonyl (C=O) groups is 2. The molecule has 0 bridgehead atoms. The first-order valence-corrected chi connectivity index (χ1v) is 6.94. The normalized spacial score (nSPS) is 14.9. The van der Waals surface area contributed by atoms with Crippen molar-refractivity contribution >= 4 is 17.8 Å². The van der Waals surface area contributed by atoms with Crippen LogP contribution in [0.15, 0.2) is 18.2 Å². The smallest absolute Gasteiger partial charge is 0.423 e. The second kappa shape index (κ2) is 5.92. The van der Waals surface area contributed by atoms with E-state index in [1.54, 1.807) is 20.8 Å². The van der Waals surface area contributed by atoms with Crippen molar-refractivity contribution in [2.24, 2.45) is 0 Å². The largest absolute Gasteiger partial charge is 0.443 e. The zero-order valence-electron chi connectivity index (χ0n) is 12.8. The third-order valence-corrected chi connectivity index (χ3v) is 3.05. The molecule has 0 unspecified atom stereocenters. The molecular weight excluding hydrogens is 291 g/mol. The second-order valence-electron chi connectivity index (χ2n) is 6.02. The van der Waals surface area contributed by atoms with E-state index < -0.39 is 23.5 Å². The summed E-state index contributed by atoms with van der Waals surface area (Å²) in [4.78, 5) is 26.9. The molecule has 0 spiro atoms. The molecule has 0 aromatic heterocycles. The van der Waals surface area contributed by atoms with E-state index in [1.165, 1.54) is 23.1 Å². The minimum absolute atomic E-state index is 0.0497. The number of carbonyl (C=O) groups excluding carboxylic acids is 2. The van der Waals surface area contributed by atoms with Gasteiger partial charge in [0.15, 0.2) is 0 Å². The average Bonchev–Trinajstić information content (AvgIpc) is 2.38. The molecule has 0 radical (unpaired) electrons. The maximum Gasteiger partial charge on any atom is 0.423 e. The van der Waals surface area contributed by atoms with Gasteiger partial charge in [-0.1, -0.05) is 0 Å². The van der Waals surface area contributed by atoms with E-state index in [-0.39, 0.29) is 19.7 Å². The van der Waals surface area contributed by atoms with Gasteiger partial charge in [0.2, 0.25) is 0 Å². The molecule has 1 aliphatic rings. The molecule has 0 aliphatic carbocycles. The Morgan fingerprint density at radius 3 is 2.68 bits per heavy atom. The summed E-state index contributed by atoms with van der Waals surface area (Å²) >= 11 is 0. The molecule has 2 rings (SSSR count). The molecule has 0 atom stereocenters. The zero-order valence-corrected chi connectivity index (χ0v) is 12.8. The number of hydrogen-bond acceptors (Lipinski definition) is 4. The number of β-amino-alcohol motifs (C(OH)–C–C–N with tert-alkyl or cyclic N) is 1. The first-order chi connectivity index (χ1) is 10.2. The van der Waals surface area contributed by atoms with Gasteiger partial charge in [0.25, 0.3) is 0 Å². The topological polar surface area (TPSA) is 70.1 Å². The van der Waals surface area contributed by atoms with Crippen LogP contribution in [-0.4, -0.2) is 40.9 Å². The molecule has 1 aromatic rings. The van der Waals surface area contributed by atoms with Gasteiger partial charge in [-0.15, -0.1) is 0 Å². The number of hydrogen-bond donors (Lipinski definition) is 1. The monoisotopic (exact) mass is 310 g/mol. The van der Waals surface area contributed by atoms with Gasteiger partial charge in [0, 0.05) is 13.1 Å². The van der Waals surface area contributed by atoms with Gasteiger partial charge in [-0.25, -0.2) is 14.0 Å². The minimum atomic E-state index is -0.826. The van der Waals surface area contributed by atoms with Crippen molar-refractivity contribution in [1.29, 1.82) is 0 Å². The summed E-state index contributed by atoms with van der Waals surface area (Å²) in [6.07, 6.45) is -0.826. The lowest BCUT2D eigenvalue weighted by atomic mass is 10.1. The van der Waals surface area contributed by atoms with Crippen molar-refractivity contribution in [1.82, 2.24) is 4.90 Å². The van der Waals surface area contributed by atoms with Crippen LogP contribution in [0.2, 0.25) is 0 Å². The highest BCUT2D eigenvalue weighted by molar-refractivity contribution is 6.13. The van der Waals surface area contributed by atoms with Gasteiger partial charge in [-0.2, -0.15) is 4.90 Å². The lowest BCUT2D eigenvalue weighted by molar-refractivity contribution is 0.0577. The Hall–Kier alpha value is -2.15. The van der Waals surface area contributed by atoms with Gasteiger partial charge in [-0.05, 0) is 44.5 Å². The molecule has 3 amide bonds. The molecule has 120 valence electrons. The Morgan fingerprint density at radius 1 is 1.41 bits per heavy atom. The predicted octanol–water partition coefficient (Wildman–Crippen LogP) is 2.50. The van der Waals surface area contributed by atoms with Crippen LogP contribution in [0.3, 0.4) is 0 Å². The van der Waals surface area contributed by atoms with E-state index in [0.29, 0.717) is 11.3 Å². The van der Waals surface area contributed by atoms with E-state index >= 15 is 0 Å². The Labute approximate surface area is 128 Å². The Balaban J connectivity index is 2.41. The van der Waals surface area contributed by atoms with Crippen molar-refractivity contribution < 1.29 is 23.8 Å². The summed E-state index contributed by atoms with van der Waals surface area (Å²) in [6.45, 7) is 5.00. The minimum Gasteiger partial charge on any atom is -0.443 e. The number of fused-ring (bicyclic) bond motifs is 1. The summed E-state index contributed by atoms with van der Waals surface area (Å²) in [5.74, 6) is -0.457. The van der Waals surface area contributed by atoms with Crippen LogP contribution in [0.25, 0.3) is 0 Å². The van der Waals surface area contributed by atoms with Crippen molar-refractivity contribution in [2.75, 3.05) is 18.1 Å². The summed E-state index contributed by atoms with van der Waals surface area (Å²) < 4.78 is 18.7. The first kappa shape index (κ1) is 16.2. The van der Waals surface area contributed by atoms with Crippen LogP contribution in [0.5, 0.6) is 0 Å². The predicted molar refractivity (Wildman–Crippen MR) is 78.0 cm³/mol. The molecule has 1 heterocycles. The summed E-state index contributed by atoms with van der Waals surface area (Å²) in [5.41, 5.74) is 0.0188. The Kier molecular flexibility index (Phi) is 4.37. The molecule has 7 heteroatoms. The van der Waals surface area contributed by atoms with Gasteiger partial charge in [-0.3, -0.25) is 0 Å². The van der Waals surface area contributed by atoms with E-state index in [0.717, 1.165) is 4.90 Å². The van der Waals surface area contributed by atoms with Crippen LogP contribution < -0.4 is 4.90 Å². The number of nitrogens with zero attached hydrogens (tertiary/aromatic N) is 2. The Morgan fingerprint density at radius 2 is 2.09 bits per heavy atom. The van der Waals surface area contributed by atoms with Gasteiger partial charge < -0.3 is 14.7 Å². The van der Waals surface area contributed by atoms with Crippen LogP contribution in [-0.2, 0) is 11.3 Å². The summed E-state index contributed by atoms with van der Waals surface area (Å²) in [5, 5.41) is 9.05. The van der Waals surface area contributed by atoms with Gasteiger partial charge >= 0.3 is 12.1 Å². The molecule has 0 saturated carbocycles. The van der Waals surface area contributed by atoms with Crippen LogP contribution in [0.4, 0.5) is 19.7 Å². The highest BCUT2D eigenvalue weighted by Gasteiger charge is 2.37. The van der Waals surface area contributed by atoms with Crippen LogP contribution >= 0.6 is 0 Å². The maximum absolute atomic E-state index is 13.4. The number of aliphatic hydroxyl groups excluding tert-OH is 1. The fourth-order valence-corrected chi connectivity index (χ4v) is 2.20. The van der Waals surface area contributed by atoms with Gasteiger partial charge in [0.05, 0.1) is 12.3 Å². The highest BCUT2D eigenvalue weighted by Crippen LogP contribution is 2.30. The van der Waals surface area contributed by atoms with E-state index in [4.69, 9.17) is 9.84 Å². The number of halogens is 1. The second-order valence-corrected chi connectivity index (χ2v) is 6.02. The SMILES string of the molecule is CC(C)(C)OC(=O)N1C(=O)N(CCO)Cc2cc(F)ccc21. The molecule has 0 fully saturated rings. The number of aliphatic hydroxyl groups is 1. The number of urea groups is 1. The molecule has 6 nitrogen and oxygen atoms in total. The number of benzene rings is 1. The molecule has 0 saturated heterocycles. The van der Waals surface area contributed by atoms with Crippen molar-refractivity contribution in [3.63, 3.8) is 0 Å². The average molecular weight is 310 g/mol. The third-order valence-electron chi connectivity index (χ3n) is 3.05. The molecule has 1 N–H and O–H groups in total. The maximum atomic E-state index is 13.4. The standard InChI is InChI=1S/C15H19FN2O4/c1-15(2,3)22-14(21)18-12-5-4-11(16)8-10(12)9-17(6-7-19)13(18)20/h4-5,8,19H,6-7,9H2,1-3H3. The van der Waals surface area contributed by atoms with Crippen molar-refractivity contribution in [3.05, 3.63) is 29.6 Å². The van der Waals surface area contributed by atoms with E-state index in [9.17, 15) is 14.0 Å².